The van der Waals surface area contributed by atoms with Crippen LogP contribution in [0.25, 0.3) is 0 Å². The van der Waals surface area contributed by atoms with Gasteiger partial charge in [0.2, 0.25) is 0 Å². The molecule has 0 amide bonds. The Kier molecular flexibility index (Phi) is 9.45. The Morgan fingerprint density at radius 1 is 0.893 bits per heavy atom. The number of nitrogens with zero attached hydrogens (tertiary/aromatic N) is 1. The molecule has 152 valence electrons. The average molecular weight is 400 g/mol. The molecule has 0 aliphatic rings. The summed E-state index contributed by atoms with van der Waals surface area (Å²) in [5.74, 6) is 2.40. The highest BCUT2D eigenvalue weighted by Crippen LogP contribution is 2.31. The van der Waals surface area contributed by atoms with Gasteiger partial charge in [0.05, 0.1) is 14.2 Å². The van der Waals surface area contributed by atoms with Gasteiger partial charge >= 0.3 is 0 Å². The summed E-state index contributed by atoms with van der Waals surface area (Å²) in [6.45, 7) is 10.3. The molecule has 2 aromatic carbocycles. The van der Waals surface area contributed by atoms with Crippen molar-refractivity contribution in [3.05, 3.63) is 72.3 Å². The SMILES string of the molecule is C=CCCC(SN(Cc1ccc(OC)cc1)Cc1ccc(OC)cc1)C(C)C. The normalized spacial score (nSPS) is 12.2. The van der Waals surface area contributed by atoms with E-state index in [2.05, 4.69) is 49.0 Å². The van der Waals surface area contributed by atoms with Gasteiger partial charge in [0, 0.05) is 18.3 Å². The Labute approximate surface area is 174 Å². The maximum atomic E-state index is 5.29. The van der Waals surface area contributed by atoms with Crippen LogP contribution in [0.2, 0.25) is 0 Å². The number of hydrogen-bond donors (Lipinski definition) is 0. The largest absolute Gasteiger partial charge is 0.497 e. The zero-order valence-electron chi connectivity index (χ0n) is 17.6. The van der Waals surface area contributed by atoms with Gasteiger partial charge in [0.1, 0.15) is 11.5 Å². The van der Waals surface area contributed by atoms with Gasteiger partial charge < -0.3 is 9.47 Å². The highest BCUT2D eigenvalue weighted by Gasteiger charge is 2.19. The first kappa shape index (κ1) is 22.4. The van der Waals surface area contributed by atoms with Gasteiger partial charge in [-0.3, -0.25) is 0 Å². The molecule has 1 unspecified atom stereocenters. The lowest BCUT2D eigenvalue weighted by Crippen LogP contribution is -2.22. The molecule has 28 heavy (non-hydrogen) atoms. The summed E-state index contributed by atoms with van der Waals surface area (Å²) in [7, 11) is 3.40. The van der Waals surface area contributed by atoms with Gasteiger partial charge in [-0.05, 0) is 54.2 Å². The van der Waals surface area contributed by atoms with Crippen molar-refractivity contribution < 1.29 is 9.47 Å². The molecule has 0 aliphatic carbocycles. The van der Waals surface area contributed by atoms with E-state index >= 15 is 0 Å². The van der Waals surface area contributed by atoms with Crippen LogP contribution in [0.15, 0.2) is 61.2 Å². The van der Waals surface area contributed by atoms with Crippen LogP contribution in [0.1, 0.15) is 37.8 Å². The summed E-state index contributed by atoms with van der Waals surface area (Å²) < 4.78 is 13.1. The van der Waals surface area contributed by atoms with Crippen molar-refractivity contribution in [3.8, 4) is 11.5 Å². The fourth-order valence-electron chi connectivity index (χ4n) is 2.98. The van der Waals surface area contributed by atoms with Crippen molar-refractivity contribution in [2.45, 2.75) is 45.0 Å². The van der Waals surface area contributed by atoms with Crippen LogP contribution in [-0.4, -0.2) is 23.8 Å². The van der Waals surface area contributed by atoms with E-state index in [1.165, 1.54) is 11.1 Å². The lowest BCUT2D eigenvalue weighted by atomic mass is 10.1. The molecule has 0 saturated carbocycles. The third-order valence-corrected chi connectivity index (χ3v) is 6.33. The third-order valence-electron chi connectivity index (χ3n) is 4.72. The van der Waals surface area contributed by atoms with Crippen molar-refractivity contribution in [3.63, 3.8) is 0 Å². The molecule has 2 aromatic rings. The first-order chi connectivity index (χ1) is 13.5. The van der Waals surface area contributed by atoms with Crippen LogP contribution in [0, 0.1) is 5.92 Å². The summed E-state index contributed by atoms with van der Waals surface area (Å²) in [5.41, 5.74) is 2.57. The number of hydrogen-bond acceptors (Lipinski definition) is 4. The monoisotopic (exact) mass is 399 g/mol. The maximum Gasteiger partial charge on any atom is 0.118 e. The molecule has 0 aromatic heterocycles. The molecular weight excluding hydrogens is 366 g/mol. The molecule has 0 heterocycles. The minimum absolute atomic E-state index is 0.564. The average Bonchev–Trinajstić information content (AvgIpc) is 2.71. The van der Waals surface area contributed by atoms with Crippen molar-refractivity contribution in [2.24, 2.45) is 5.92 Å². The Balaban J connectivity index is 2.15. The molecule has 0 fully saturated rings. The quantitative estimate of drug-likeness (QED) is 0.306. The van der Waals surface area contributed by atoms with Gasteiger partial charge in [-0.2, -0.15) is 0 Å². The second-order valence-corrected chi connectivity index (χ2v) is 8.58. The summed E-state index contributed by atoms with van der Waals surface area (Å²) in [6, 6.07) is 16.7. The number of benzene rings is 2. The van der Waals surface area contributed by atoms with Gasteiger partial charge in [0.15, 0.2) is 0 Å². The summed E-state index contributed by atoms with van der Waals surface area (Å²) in [6.07, 6.45) is 4.22. The lowest BCUT2D eigenvalue weighted by Gasteiger charge is -2.29. The summed E-state index contributed by atoms with van der Waals surface area (Å²) in [5, 5.41) is 0.564. The maximum absolute atomic E-state index is 5.29. The third kappa shape index (κ3) is 7.25. The molecule has 2 rings (SSSR count). The first-order valence-electron chi connectivity index (χ1n) is 9.84. The Morgan fingerprint density at radius 2 is 1.36 bits per heavy atom. The molecule has 0 aliphatic heterocycles. The second-order valence-electron chi connectivity index (χ2n) is 7.25. The van der Waals surface area contributed by atoms with Gasteiger partial charge in [-0.1, -0.05) is 56.1 Å². The predicted octanol–water partition coefficient (Wildman–Crippen LogP) is 6.35. The highest BCUT2D eigenvalue weighted by molar-refractivity contribution is 7.97. The van der Waals surface area contributed by atoms with Crippen LogP contribution >= 0.6 is 11.9 Å². The second kappa shape index (κ2) is 11.8. The van der Waals surface area contributed by atoms with E-state index in [-0.39, 0.29) is 0 Å². The van der Waals surface area contributed by atoms with Gasteiger partial charge in [0.25, 0.3) is 0 Å². The standard InChI is InChI=1S/C24H33NO2S/c1-6-7-8-24(19(2)3)28-25(17-20-9-13-22(26-4)14-10-20)18-21-11-15-23(27-5)16-12-21/h6,9-16,19,24H,1,7-8,17-18H2,2-5H3. The first-order valence-corrected chi connectivity index (χ1v) is 10.7. The van der Waals surface area contributed by atoms with Crippen LogP contribution in [0.4, 0.5) is 0 Å². The van der Waals surface area contributed by atoms with E-state index in [0.29, 0.717) is 11.2 Å². The topological polar surface area (TPSA) is 21.7 Å². The van der Waals surface area contributed by atoms with Crippen molar-refractivity contribution in [2.75, 3.05) is 14.2 Å². The number of rotatable bonds is 12. The van der Waals surface area contributed by atoms with Gasteiger partial charge in [-0.15, -0.1) is 6.58 Å². The van der Waals surface area contributed by atoms with Crippen molar-refractivity contribution >= 4 is 11.9 Å². The summed E-state index contributed by atoms with van der Waals surface area (Å²) in [4.78, 5) is 0. The summed E-state index contributed by atoms with van der Waals surface area (Å²) >= 11 is 1.97. The molecule has 0 saturated heterocycles. The number of allylic oxidation sites excluding steroid dienone is 1. The van der Waals surface area contributed by atoms with Crippen LogP contribution in [-0.2, 0) is 13.1 Å². The van der Waals surface area contributed by atoms with Crippen molar-refractivity contribution in [1.29, 1.82) is 0 Å². The zero-order valence-corrected chi connectivity index (χ0v) is 18.4. The van der Waals surface area contributed by atoms with E-state index in [1.54, 1.807) is 14.2 Å². The van der Waals surface area contributed by atoms with Crippen LogP contribution in [0.3, 0.4) is 0 Å². The minimum Gasteiger partial charge on any atom is -0.497 e. The molecule has 1 atom stereocenters. The van der Waals surface area contributed by atoms with E-state index in [1.807, 2.05) is 42.3 Å². The zero-order chi connectivity index (χ0) is 20.4. The van der Waals surface area contributed by atoms with Crippen LogP contribution in [0.5, 0.6) is 11.5 Å². The van der Waals surface area contributed by atoms with Crippen molar-refractivity contribution in [1.82, 2.24) is 4.31 Å². The fraction of sp³-hybridized carbons (Fsp3) is 0.417. The molecule has 3 nitrogen and oxygen atoms in total. The molecule has 0 spiro atoms. The smallest absolute Gasteiger partial charge is 0.118 e. The molecule has 4 heteroatoms. The van der Waals surface area contributed by atoms with E-state index in [9.17, 15) is 0 Å². The highest BCUT2D eigenvalue weighted by atomic mass is 32.2. The van der Waals surface area contributed by atoms with E-state index in [0.717, 1.165) is 37.4 Å². The Bertz CT molecular complexity index is 648. The Hall–Kier alpha value is -1.91. The number of methoxy groups -OCH3 is 2. The molecular formula is C24H33NO2S. The molecule has 0 N–H and O–H groups in total. The lowest BCUT2D eigenvalue weighted by molar-refractivity contribution is 0.412. The number of ether oxygens (including phenoxy) is 2. The Morgan fingerprint density at radius 3 is 1.71 bits per heavy atom. The minimum atomic E-state index is 0.564. The van der Waals surface area contributed by atoms with E-state index in [4.69, 9.17) is 9.47 Å². The fourth-order valence-corrected chi connectivity index (χ4v) is 4.30. The molecule has 0 radical (unpaired) electrons. The molecule has 0 bridgehead atoms. The van der Waals surface area contributed by atoms with Crippen LogP contribution < -0.4 is 9.47 Å². The van der Waals surface area contributed by atoms with E-state index < -0.39 is 0 Å². The predicted molar refractivity (Wildman–Crippen MR) is 121 cm³/mol. The van der Waals surface area contributed by atoms with Gasteiger partial charge in [-0.25, -0.2) is 4.31 Å².